The number of hydrogen-bond acceptors (Lipinski definition) is 3. The third kappa shape index (κ3) is 4.54. The van der Waals surface area contributed by atoms with Gasteiger partial charge in [0.1, 0.15) is 5.82 Å². The normalized spacial score (nSPS) is 19.8. The molecule has 1 saturated heterocycles. The first-order valence-corrected chi connectivity index (χ1v) is 7.52. The summed E-state index contributed by atoms with van der Waals surface area (Å²) in [6.07, 6.45) is 2.31. The molecule has 0 saturated carbocycles. The lowest BCUT2D eigenvalue weighted by Gasteiger charge is -2.24. The highest BCUT2D eigenvalue weighted by molar-refractivity contribution is 5.19. The van der Waals surface area contributed by atoms with Crippen LogP contribution in [0.3, 0.4) is 0 Å². The molecule has 0 aromatic heterocycles. The molecule has 0 spiro atoms. The van der Waals surface area contributed by atoms with E-state index in [1.807, 2.05) is 19.2 Å². The van der Waals surface area contributed by atoms with Gasteiger partial charge in [-0.2, -0.15) is 0 Å². The van der Waals surface area contributed by atoms with Crippen molar-refractivity contribution in [3.05, 3.63) is 35.6 Å². The maximum atomic E-state index is 13.0. The third-order valence-electron chi connectivity index (χ3n) is 4.17. The predicted molar refractivity (Wildman–Crippen MR) is 81.4 cm³/mol. The zero-order chi connectivity index (χ0) is 14.4. The first-order valence-electron chi connectivity index (χ1n) is 7.52. The van der Waals surface area contributed by atoms with Crippen molar-refractivity contribution in [1.82, 2.24) is 15.1 Å². The van der Waals surface area contributed by atoms with E-state index in [-0.39, 0.29) is 5.82 Å². The first kappa shape index (κ1) is 15.4. The van der Waals surface area contributed by atoms with Crippen molar-refractivity contribution in [3.63, 3.8) is 0 Å². The van der Waals surface area contributed by atoms with Crippen molar-refractivity contribution >= 4 is 0 Å². The average molecular weight is 279 g/mol. The topological polar surface area (TPSA) is 18.5 Å². The Morgan fingerprint density at radius 3 is 2.60 bits per heavy atom. The van der Waals surface area contributed by atoms with E-state index >= 15 is 0 Å². The molecule has 1 atom stereocenters. The molecule has 1 aliphatic heterocycles. The molecule has 0 amide bonds. The molecule has 1 heterocycles. The van der Waals surface area contributed by atoms with Crippen molar-refractivity contribution in [3.8, 4) is 0 Å². The summed E-state index contributed by atoms with van der Waals surface area (Å²) in [5.74, 6) is -0.167. The van der Waals surface area contributed by atoms with Crippen LogP contribution in [0.2, 0.25) is 0 Å². The van der Waals surface area contributed by atoms with Crippen LogP contribution in [0.5, 0.6) is 0 Å². The number of rotatable bonds is 5. The molecule has 20 heavy (non-hydrogen) atoms. The van der Waals surface area contributed by atoms with Crippen molar-refractivity contribution in [2.75, 3.05) is 46.8 Å². The van der Waals surface area contributed by atoms with Crippen LogP contribution in [0, 0.1) is 5.82 Å². The Balaban J connectivity index is 1.85. The molecule has 3 nitrogen and oxygen atoms in total. The first-order chi connectivity index (χ1) is 9.69. The second-order valence-electron chi connectivity index (χ2n) is 5.68. The predicted octanol–water partition coefficient (Wildman–Crippen LogP) is 2.11. The van der Waals surface area contributed by atoms with Crippen molar-refractivity contribution in [2.45, 2.75) is 18.9 Å². The fourth-order valence-electron chi connectivity index (χ4n) is 2.81. The number of nitrogens with zero attached hydrogens (tertiary/aromatic N) is 2. The number of nitrogens with one attached hydrogen (secondary N) is 1. The van der Waals surface area contributed by atoms with Gasteiger partial charge < -0.3 is 15.1 Å². The lowest BCUT2D eigenvalue weighted by molar-refractivity contribution is 0.262. The molecule has 1 aromatic carbocycles. The molecular weight excluding hydrogens is 253 g/mol. The minimum Gasteiger partial charge on any atom is -0.313 e. The van der Waals surface area contributed by atoms with Gasteiger partial charge >= 0.3 is 0 Å². The van der Waals surface area contributed by atoms with Gasteiger partial charge in [0, 0.05) is 19.1 Å². The summed E-state index contributed by atoms with van der Waals surface area (Å²) in [6.45, 7) is 5.78. The van der Waals surface area contributed by atoms with Crippen LogP contribution in [0.15, 0.2) is 24.3 Å². The smallest absolute Gasteiger partial charge is 0.123 e. The second-order valence-corrected chi connectivity index (χ2v) is 5.68. The van der Waals surface area contributed by atoms with Gasteiger partial charge in [-0.05, 0) is 64.3 Å². The lowest BCUT2D eigenvalue weighted by Crippen LogP contribution is -2.32. The highest BCUT2D eigenvalue weighted by atomic mass is 19.1. The highest BCUT2D eigenvalue weighted by Gasteiger charge is 2.15. The van der Waals surface area contributed by atoms with Gasteiger partial charge in [-0.3, -0.25) is 0 Å². The molecule has 112 valence electrons. The fraction of sp³-hybridized carbons (Fsp3) is 0.625. The standard InChI is InChI=1S/C16H26FN3/c1-18-16(14-4-6-15(17)7-5-14)8-11-20-10-3-9-19(2)12-13-20/h4-7,16,18H,3,8-13H2,1-2H3. The van der Waals surface area contributed by atoms with E-state index in [1.54, 1.807) is 12.1 Å². The Morgan fingerprint density at radius 2 is 1.90 bits per heavy atom. The molecule has 4 heteroatoms. The molecule has 2 rings (SSSR count). The quantitative estimate of drug-likeness (QED) is 0.890. The van der Waals surface area contributed by atoms with E-state index in [4.69, 9.17) is 0 Å². The van der Waals surface area contributed by atoms with E-state index in [1.165, 1.54) is 25.1 Å². The minimum atomic E-state index is -0.167. The molecule has 0 radical (unpaired) electrons. The molecule has 0 aliphatic carbocycles. The Labute approximate surface area is 121 Å². The largest absolute Gasteiger partial charge is 0.313 e. The van der Waals surface area contributed by atoms with Crippen molar-refractivity contribution < 1.29 is 4.39 Å². The van der Waals surface area contributed by atoms with E-state index in [0.717, 1.165) is 26.1 Å². The van der Waals surface area contributed by atoms with Crippen molar-refractivity contribution in [1.29, 1.82) is 0 Å². The Morgan fingerprint density at radius 1 is 1.15 bits per heavy atom. The van der Waals surface area contributed by atoms with Gasteiger partial charge in [0.15, 0.2) is 0 Å². The van der Waals surface area contributed by atoms with E-state index in [9.17, 15) is 4.39 Å². The molecule has 1 unspecified atom stereocenters. The molecular formula is C16H26FN3. The summed E-state index contributed by atoms with van der Waals surface area (Å²) >= 11 is 0. The number of hydrogen-bond donors (Lipinski definition) is 1. The van der Waals surface area contributed by atoms with Crippen LogP contribution < -0.4 is 5.32 Å². The SMILES string of the molecule is CNC(CCN1CCCN(C)CC1)c1ccc(F)cc1. The van der Waals surface area contributed by atoms with Gasteiger partial charge in [0.2, 0.25) is 0 Å². The summed E-state index contributed by atoms with van der Waals surface area (Å²) in [5, 5.41) is 3.34. The van der Waals surface area contributed by atoms with Crippen LogP contribution in [0.1, 0.15) is 24.4 Å². The second kappa shape index (κ2) is 7.72. The minimum absolute atomic E-state index is 0.167. The highest BCUT2D eigenvalue weighted by Crippen LogP contribution is 2.17. The summed E-state index contributed by atoms with van der Waals surface area (Å²) in [6, 6.07) is 7.15. The Hall–Kier alpha value is -0.970. The molecule has 1 aromatic rings. The Bertz CT molecular complexity index is 393. The lowest BCUT2D eigenvalue weighted by atomic mass is 10.0. The molecule has 1 fully saturated rings. The molecule has 1 aliphatic rings. The van der Waals surface area contributed by atoms with E-state index < -0.39 is 0 Å². The van der Waals surface area contributed by atoms with Gasteiger partial charge in [-0.15, -0.1) is 0 Å². The van der Waals surface area contributed by atoms with Gasteiger partial charge in [-0.1, -0.05) is 12.1 Å². The number of likely N-dealkylation sites (N-methyl/N-ethyl adjacent to an activating group) is 1. The van der Waals surface area contributed by atoms with Gasteiger partial charge in [0.05, 0.1) is 0 Å². The Kier molecular flexibility index (Phi) is 5.95. The van der Waals surface area contributed by atoms with Crippen LogP contribution >= 0.6 is 0 Å². The van der Waals surface area contributed by atoms with Crippen LogP contribution in [-0.4, -0.2) is 56.6 Å². The maximum Gasteiger partial charge on any atom is 0.123 e. The zero-order valence-electron chi connectivity index (χ0n) is 12.6. The molecule has 0 bridgehead atoms. The summed E-state index contributed by atoms with van der Waals surface area (Å²) in [7, 11) is 4.17. The summed E-state index contributed by atoms with van der Waals surface area (Å²) in [5.41, 5.74) is 1.17. The summed E-state index contributed by atoms with van der Waals surface area (Å²) < 4.78 is 13.0. The third-order valence-corrected chi connectivity index (χ3v) is 4.17. The average Bonchev–Trinajstić information content (AvgIpc) is 2.66. The maximum absolute atomic E-state index is 13.0. The van der Waals surface area contributed by atoms with Crippen LogP contribution in [-0.2, 0) is 0 Å². The van der Waals surface area contributed by atoms with E-state index in [2.05, 4.69) is 22.2 Å². The van der Waals surface area contributed by atoms with Crippen LogP contribution in [0.4, 0.5) is 4.39 Å². The summed E-state index contributed by atoms with van der Waals surface area (Å²) in [4.78, 5) is 4.94. The van der Waals surface area contributed by atoms with Crippen molar-refractivity contribution in [2.24, 2.45) is 0 Å². The van der Waals surface area contributed by atoms with Gasteiger partial charge in [-0.25, -0.2) is 4.39 Å². The van der Waals surface area contributed by atoms with Crippen LogP contribution in [0.25, 0.3) is 0 Å². The monoisotopic (exact) mass is 279 g/mol. The molecule has 1 N–H and O–H groups in total. The zero-order valence-corrected chi connectivity index (χ0v) is 12.6. The fourth-order valence-corrected chi connectivity index (χ4v) is 2.81. The van der Waals surface area contributed by atoms with Gasteiger partial charge in [0.25, 0.3) is 0 Å². The number of benzene rings is 1. The van der Waals surface area contributed by atoms with E-state index in [0.29, 0.717) is 6.04 Å². The number of halogens is 1.